The maximum atomic E-state index is 3.75. The van der Waals surface area contributed by atoms with Gasteiger partial charge in [0.15, 0.2) is 0 Å². The Morgan fingerprint density at radius 3 is 2.18 bits per heavy atom. The highest BCUT2D eigenvalue weighted by atomic mass is 15.3. The Bertz CT molecular complexity index is 243. The van der Waals surface area contributed by atoms with Crippen molar-refractivity contribution in [1.82, 2.24) is 10.2 Å². The molecule has 100 valence electrons. The summed E-state index contributed by atoms with van der Waals surface area (Å²) in [7, 11) is 0. The SMILES string of the molecule is CC1CC(N2CC(C(C)C)NCC2C(C)C)C1. The fourth-order valence-corrected chi connectivity index (χ4v) is 3.43. The molecule has 0 aromatic rings. The van der Waals surface area contributed by atoms with Gasteiger partial charge in [0, 0.05) is 31.2 Å². The Kier molecular flexibility index (Phi) is 4.14. The summed E-state index contributed by atoms with van der Waals surface area (Å²) in [5.74, 6) is 2.48. The zero-order chi connectivity index (χ0) is 12.6. The molecule has 2 rings (SSSR count). The lowest BCUT2D eigenvalue weighted by Gasteiger charge is -2.51. The second-order valence-corrected chi connectivity index (χ2v) is 7.00. The van der Waals surface area contributed by atoms with Crippen molar-refractivity contribution in [1.29, 1.82) is 0 Å². The Labute approximate surface area is 107 Å². The molecule has 0 bridgehead atoms. The lowest BCUT2D eigenvalue weighted by Crippen LogP contribution is -2.64. The first-order chi connectivity index (χ1) is 7.99. The smallest absolute Gasteiger partial charge is 0.0247 e. The molecule has 2 fully saturated rings. The van der Waals surface area contributed by atoms with Crippen molar-refractivity contribution in [3.05, 3.63) is 0 Å². The van der Waals surface area contributed by atoms with E-state index in [0.29, 0.717) is 6.04 Å². The standard InChI is InChI=1S/C15H30N2/c1-10(2)14-9-17(13-6-12(5)7-13)15(8-16-14)11(3)4/h10-16H,6-9H2,1-5H3. The third-order valence-electron chi connectivity index (χ3n) is 4.81. The van der Waals surface area contributed by atoms with Crippen LogP contribution in [-0.4, -0.2) is 36.1 Å². The van der Waals surface area contributed by atoms with Crippen LogP contribution in [0, 0.1) is 17.8 Å². The summed E-state index contributed by atoms with van der Waals surface area (Å²) in [6.45, 7) is 14.3. The van der Waals surface area contributed by atoms with E-state index in [1.54, 1.807) is 0 Å². The molecule has 1 N–H and O–H groups in total. The third-order valence-corrected chi connectivity index (χ3v) is 4.81. The second kappa shape index (κ2) is 5.27. The number of piperazine rings is 1. The van der Waals surface area contributed by atoms with Crippen LogP contribution >= 0.6 is 0 Å². The molecule has 0 aromatic carbocycles. The van der Waals surface area contributed by atoms with E-state index >= 15 is 0 Å². The van der Waals surface area contributed by atoms with Gasteiger partial charge < -0.3 is 5.32 Å². The van der Waals surface area contributed by atoms with Crippen LogP contribution in [0.25, 0.3) is 0 Å². The summed E-state index contributed by atoms with van der Waals surface area (Å²) < 4.78 is 0. The molecule has 2 aliphatic rings. The van der Waals surface area contributed by atoms with Gasteiger partial charge in [0.2, 0.25) is 0 Å². The van der Waals surface area contributed by atoms with E-state index in [4.69, 9.17) is 0 Å². The van der Waals surface area contributed by atoms with Crippen molar-refractivity contribution >= 4 is 0 Å². The number of nitrogens with one attached hydrogen (secondary N) is 1. The van der Waals surface area contributed by atoms with Crippen molar-refractivity contribution in [2.75, 3.05) is 13.1 Å². The fourth-order valence-electron chi connectivity index (χ4n) is 3.43. The minimum Gasteiger partial charge on any atom is -0.311 e. The molecule has 2 heteroatoms. The van der Waals surface area contributed by atoms with Crippen LogP contribution in [0.5, 0.6) is 0 Å². The van der Waals surface area contributed by atoms with Crippen LogP contribution in [0.2, 0.25) is 0 Å². The van der Waals surface area contributed by atoms with Gasteiger partial charge in [-0.2, -0.15) is 0 Å². The zero-order valence-electron chi connectivity index (χ0n) is 12.2. The summed E-state index contributed by atoms with van der Waals surface area (Å²) in [4.78, 5) is 2.83. The van der Waals surface area contributed by atoms with Crippen molar-refractivity contribution in [3.63, 3.8) is 0 Å². The average Bonchev–Trinajstić information content (AvgIpc) is 2.23. The highest BCUT2D eigenvalue weighted by Crippen LogP contribution is 2.35. The first kappa shape index (κ1) is 13.4. The lowest BCUT2D eigenvalue weighted by atomic mass is 9.78. The third kappa shape index (κ3) is 2.85. The molecular formula is C15H30N2. The highest BCUT2D eigenvalue weighted by molar-refractivity contribution is 4.96. The van der Waals surface area contributed by atoms with Gasteiger partial charge in [-0.25, -0.2) is 0 Å². The van der Waals surface area contributed by atoms with Gasteiger partial charge in [0.05, 0.1) is 0 Å². The maximum absolute atomic E-state index is 3.75. The van der Waals surface area contributed by atoms with E-state index in [2.05, 4.69) is 44.8 Å². The zero-order valence-corrected chi connectivity index (χ0v) is 12.2. The van der Waals surface area contributed by atoms with Crippen molar-refractivity contribution in [2.24, 2.45) is 17.8 Å². The summed E-state index contributed by atoms with van der Waals surface area (Å²) >= 11 is 0. The number of hydrogen-bond donors (Lipinski definition) is 1. The molecule has 2 unspecified atom stereocenters. The molecule has 17 heavy (non-hydrogen) atoms. The molecule has 0 aromatic heterocycles. The van der Waals surface area contributed by atoms with Crippen LogP contribution in [-0.2, 0) is 0 Å². The predicted octanol–water partition coefficient (Wildman–Crippen LogP) is 2.74. The minimum atomic E-state index is 0.695. The minimum absolute atomic E-state index is 0.695. The molecule has 0 radical (unpaired) electrons. The fraction of sp³-hybridized carbons (Fsp3) is 1.00. The van der Waals surface area contributed by atoms with Crippen LogP contribution in [0.1, 0.15) is 47.5 Å². The van der Waals surface area contributed by atoms with E-state index in [1.165, 1.54) is 25.9 Å². The van der Waals surface area contributed by atoms with Gasteiger partial charge in [0.1, 0.15) is 0 Å². The first-order valence-electron chi connectivity index (χ1n) is 7.48. The molecule has 2 atom stereocenters. The van der Waals surface area contributed by atoms with E-state index in [1.807, 2.05) is 0 Å². The molecule has 2 nitrogen and oxygen atoms in total. The number of hydrogen-bond acceptors (Lipinski definition) is 2. The topological polar surface area (TPSA) is 15.3 Å². The molecule has 1 saturated heterocycles. The van der Waals surface area contributed by atoms with Crippen LogP contribution in [0.4, 0.5) is 0 Å². The molecule has 1 heterocycles. The van der Waals surface area contributed by atoms with Crippen LogP contribution in [0.15, 0.2) is 0 Å². The maximum Gasteiger partial charge on any atom is 0.0247 e. The quantitative estimate of drug-likeness (QED) is 0.813. The first-order valence-corrected chi connectivity index (χ1v) is 7.48. The molecule has 1 saturated carbocycles. The average molecular weight is 238 g/mol. The molecule has 1 aliphatic carbocycles. The summed E-state index contributed by atoms with van der Waals surface area (Å²) in [6, 6.07) is 2.32. The largest absolute Gasteiger partial charge is 0.311 e. The monoisotopic (exact) mass is 238 g/mol. The Hall–Kier alpha value is -0.0800. The van der Waals surface area contributed by atoms with Crippen LogP contribution in [0.3, 0.4) is 0 Å². The number of nitrogens with zero attached hydrogens (tertiary/aromatic N) is 1. The molecule has 0 spiro atoms. The van der Waals surface area contributed by atoms with E-state index in [0.717, 1.165) is 29.8 Å². The van der Waals surface area contributed by atoms with Crippen molar-refractivity contribution < 1.29 is 0 Å². The lowest BCUT2D eigenvalue weighted by molar-refractivity contribution is -0.00503. The van der Waals surface area contributed by atoms with Crippen LogP contribution < -0.4 is 5.32 Å². The molecular weight excluding hydrogens is 208 g/mol. The van der Waals surface area contributed by atoms with Gasteiger partial charge in [-0.05, 0) is 30.6 Å². The van der Waals surface area contributed by atoms with Gasteiger partial charge >= 0.3 is 0 Å². The Morgan fingerprint density at radius 2 is 1.71 bits per heavy atom. The Morgan fingerprint density at radius 1 is 1.06 bits per heavy atom. The van der Waals surface area contributed by atoms with Gasteiger partial charge in [0.25, 0.3) is 0 Å². The van der Waals surface area contributed by atoms with Gasteiger partial charge in [-0.3, -0.25) is 4.90 Å². The highest BCUT2D eigenvalue weighted by Gasteiger charge is 2.39. The van der Waals surface area contributed by atoms with E-state index < -0.39 is 0 Å². The summed E-state index contributed by atoms with van der Waals surface area (Å²) in [6.07, 6.45) is 2.85. The normalized spacial score (nSPS) is 39.7. The predicted molar refractivity (Wildman–Crippen MR) is 74.1 cm³/mol. The summed E-state index contributed by atoms with van der Waals surface area (Å²) in [5.41, 5.74) is 0. The van der Waals surface area contributed by atoms with E-state index in [9.17, 15) is 0 Å². The van der Waals surface area contributed by atoms with Gasteiger partial charge in [-0.1, -0.05) is 34.6 Å². The Balaban J connectivity index is 2.00. The molecule has 1 aliphatic heterocycles. The van der Waals surface area contributed by atoms with E-state index in [-0.39, 0.29) is 0 Å². The number of rotatable bonds is 3. The molecule has 0 amide bonds. The van der Waals surface area contributed by atoms with Gasteiger partial charge in [-0.15, -0.1) is 0 Å². The summed E-state index contributed by atoms with van der Waals surface area (Å²) in [5, 5.41) is 3.75. The van der Waals surface area contributed by atoms with Crippen molar-refractivity contribution in [3.8, 4) is 0 Å². The second-order valence-electron chi connectivity index (χ2n) is 7.00. The van der Waals surface area contributed by atoms with Crippen molar-refractivity contribution in [2.45, 2.75) is 65.6 Å².